The molecule has 2 saturated carbocycles. The molecular formula is C30H46O5. The van der Waals surface area contributed by atoms with Crippen LogP contribution in [0.5, 0.6) is 0 Å². The van der Waals surface area contributed by atoms with Gasteiger partial charge in [0.1, 0.15) is 12.2 Å². The van der Waals surface area contributed by atoms with Crippen molar-refractivity contribution in [3.8, 4) is 0 Å². The summed E-state index contributed by atoms with van der Waals surface area (Å²) in [6, 6.07) is 0. The fourth-order valence-electron chi connectivity index (χ4n) is 6.47. The standard InChI is InChI=1S/C30H46O5/c1-7-30(8-2,9-3)35-28(33)19-34-21(5)25-14-15-26-22(11-10-16-29(25,26)6)12-13-23-17-24(31)18-27(32)20(23)4/h12-14,21,24,26-27,31-32H,4,7-11,15-19H2,1-3,5-6H3/t21-,24+,26-,27-,29+/m0/s1. The second kappa shape index (κ2) is 11.6. The smallest absolute Gasteiger partial charge is 0.332 e. The molecule has 3 aliphatic carbocycles. The van der Waals surface area contributed by atoms with Gasteiger partial charge in [0.15, 0.2) is 0 Å². The molecule has 5 heteroatoms. The lowest BCUT2D eigenvalue weighted by atomic mass is 9.63. The Balaban J connectivity index is 1.66. The van der Waals surface area contributed by atoms with Crippen molar-refractivity contribution >= 4 is 5.97 Å². The van der Waals surface area contributed by atoms with Crippen LogP contribution >= 0.6 is 0 Å². The highest BCUT2D eigenvalue weighted by Gasteiger charge is 2.46. The lowest BCUT2D eigenvalue weighted by Crippen LogP contribution is -2.37. The van der Waals surface area contributed by atoms with E-state index in [9.17, 15) is 15.0 Å². The first-order valence-corrected chi connectivity index (χ1v) is 13.6. The maximum atomic E-state index is 12.6. The zero-order valence-electron chi connectivity index (χ0n) is 22.4. The van der Waals surface area contributed by atoms with Crippen LogP contribution in [0, 0.1) is 11.3 Å². The predicted molar refractivity (Wildman–Crippen MR) is 140 cm³/mol. The van der Waals surface area contributed by atoms with Crippen molar-refractivity contribution in [3.63, 3.8) is 0 Å². The molecule has 3 rings (SSSR count). The van der Waals surface area contributed by atoms with Crippen LogP contribution in [0.2, 0.25) is 0 Å². The molecule has 0 saturated heterocycles. The molecule has 0 aliphatic heterocycles. The van der Waals surface area contributed by atoms with Gasteiger partial charge >= 0.3 is 5.97 Å². The van der Waals surface area contributed by atoms with Gasteiger partial charge in [-0.1, -0.05) is 58.1 Å². The normalized spacial score (nSPS) is 32.5. The van der Waals surface area contributed by atoms with Gasteiger partial charge in [0.2, 0.25) is 0 Å². The van der Waals surface area contributed by atoms with Crippen LogP contribution in [0.4, 0.5) is 0 Å². The minimum absolute atomic E-state index is 0.00846. The van der Waals surface area contributed by atoms with Crippen LogP contribution in [-0.2, 0) is 14.3 Å². The number of hydrogen-bond donors (Lipinski definition) is 2. The zero-order chi connectivity index (χ0) is 25.8. The largest absolute Gasteiger partial charge is 0.457 e. The summed E-state index contributed by atoms with van der Waals surface area (Å²) >= 11 is 0. The van der Waals surface area contributed by atoms with Crippen LogP contribution in [0.1, 0.15) is 92.4 Å². The van der Waals surface area contributed by atoms with E-state index in [0.717, 1.165) is 56.1 Å². The summed E-state index contributed by atoms with van der Waals surface area (Å²) in [5, 5.41) is 20.2. The highest BCUT2D eigenvalue weighted by Crippen LogP contribution is 2.55. The highest BCUT2D eigenvalue weighted by atomic mass is 16.6. The number of esters is 1. The predicted octanol–water partition coefficient (Wildman–Crippen LogP) is 5.96. The highest BCUT2D eigenvalue weighted by molar-refractivity contribution is 5.71. The Morgan fingerprint density at radius 3 is 2.60 bits per heavy atom. The fourth-order valence-corrected chi connectivity index (χ4v) is 6.47. The molecule has 2 fully saturated rings. The molecule has 2 N–H and O–H groups in total. The second-order valence-corrected chi connectivity index (χ2v) is 11.0. The van der Waals surface area contributed by atoms with E-state index in [4.69, 9.17) is 9.47 Å². The van der Waals surface area contributed by atoms with Crippen LogP contribution < -0.4 is 0 Å². The van der Waals surface area contributed by atoms with E-state index >= 15 is 0 Å². The molecule has 0 heterocycles. The number of rotatable bonds is 9. The average molecular weight is 487 g/mol. The van der Waals surface area contributed by atoms with Crippen molar-refractivity contribution in [2.75, 3.05) is 6.61 Å². The Bertz CT molecular complexity index is 869. The summed E-state index contributed by atoms with van der Waals surface area (Å²) in [6.45, 7) is 14.6. The Hall–Kier alpha value is -1.69. The van der Waals surface area contributed by atoms with Crippen molar-refractivity contribution < 1.29 is 24.5 Å². The van der Waals surface area contributed by atoms with Crippen molar-refractivity contribution in [2.45, 2.75) is 116 Å². The third-order valence-corrected chi connectivity index (χ3v) is 9.03. The molecule has 0 aromatic rings. The number of carbonyl (C=O) groups excluding carboxylic acids is 1. The number of hydrogen-bond acceptors (Lipinski definition) is 5. The van der Waals surface area contributed by atoms with E-state index in [1.165, 1.54) is 11.1 Å². The summed E-state index contributed by atoms with van der Waals surface area (Å²) in [4.78, 5) is 12.6. The molecule has 35 heavy (non-hydrogen) atoms. The first-order chi connectivity index (χ1) is 16.6. The quantitative estimate of drug-likeness (QED) is 0.310. The Morgan fingerprint density at radius 2 is 1.94 bits per heavy atom. The van der Waals surface area contributed by atoms with E-state index in [-0.39, 0.29) is 29.7 Å². The topological polar surface area (TPSA) is 76.0 Å². The van der Waals surface area contributed by atoms with Gasteiger partial charge in [-0.05, 0) is 86.3 Å². The molecule has 0 radical (unpaired) electrons. The molecule has 5 atom stereocenters. The molecule has 0 bridgehead atoms. The molecule has 0 amide bonds. The number of allylic oxidation sites excluding steroid dienone is 4. The Kier molecular flexibility index (Phi) is 9.22. The lowest BCUT2D eigenvalue weighted by molar-refractivity contribution is -0.167. The molecule has 196 valence electrons. The SMILES string of the molecule is C=C1C(=CC=C2CCC[C@]3(C)C([C@H](C)OCC(=O)OC(CC)(CC)CC)=CC[C@@H]23)C[C@@H](O)C[C@@H]1O. The molecule has 5 nitrogen and oxygen atoms in total. The minimum atomic E-state index is -0.665. The van der Waals surface area contributed by atoms with Crippen LogP contribution in [0.25, 0.3) is 0 Å². The second-order valence-electron chi connectivity index (χ2n) is 11.0. The average Bonchev–Trinajstić information content (AvgIpc) is 3.20. The van der Waals surface area contributed by atoms with Crippen LogP contribution in [0.15, 0.2) is 47.1 Å². The summed E-state index contributed by atoms with van der Waals surface area (Å²) < 4.78 is 11.9. The minimum Gasteiger partial charge on any atom is -0.457 e. The van der Waals surface area contributed by atoms with Gasteiger partial charge in [0, 0.05) is 6.42 Å². The number of fused-ring (bicyclic) bond motifs is 1. The summed E-state index contributed by atoms with van der Waals surface area (Å²) in [7, 11) is 0. The van der Waals surface area contributed by atoms with Crippen molar-refractivity contribution in [1.29, 1.82) is 0 Å². The first-order valence-electron chi connectivity index (χ1n) is 13.6. The number of ether oxygens (including phenoxy) is 2. The van der Waals surface area contributed by atoms with Crippen LogP contribution in [0.3, 0.4) is 0 Å². The Morgan fingerprint density at radius 1 is 1.26 bits per heavy atom. The van der Waals surface area contributed by atoms with Gasteiger partial charge in [-0.15, -0.1) is 0 Å². The monoisotopic (exact) mass is 486 g/mol. The zero-order valence-corrected chi connectivity index (χ0v) is 22.4. The Labute approximate surface area is 212 Å². The number of carbonyl (C=O) groups is 1. The first kappa shape index (κ1) is 27.9. The third kappa shape index (κ3) is 6.00. The van der Waals surface area contributed by atoms with Gasteiger partial charge < -0.3 is 19.7 Å². The van der Waals surface area contributed by atoms with Gasteiger partial charge in [-0.3, -0.25) is 0 Å². The van der Waals surface area contributed by atoms with E-state index in [0.29, 0.717) is 18.8 Å². The van der Waals surface area contributed by atoms with Crippen LogP contribution in [-0.4, -0.2) is 46.7 Å². The van der Waals surface area contributed by atoms with Crippen molar-refractivity contribution in [1.82, 2.24) is 0 Å². The van der Waals surface area contributed by atoms with Gasteiger partial charge in [0.25, 0.3) is 0 Å². The van der Waals surface area contributed by atoms with E-state index < -0.39 is 12.2 Å². The molecule has 0 spiro atoms. The van der Waals surface area contributed by atoms with Crippen molar-refractivity contribution in [2.24, 2.45) is 11.3 Å². The summed E-state index contributed by atoms with van der Waals surface area (Å²) in [5.74, 6) is 0.122. The maximum Gasteiger partial charge on any atom is 0.332 e. The van der Waals surface area contributed by atoms with Crippen molar-refractivity contribution in [3.05, 3.63) is 47.1 Å². The third-order valence-electron chi connectivity index (χ3n) is 9.03. The van der Waals surface area contributed by atoms with Gasteiger partial charge in [-0.2, -0.15) is 0 Å². The molecule has 0 unspecified atom stereocenters. The van der Waals surface area contributed by atoms with Gasteiger partial charge in [0.05, 0.1) is 18.3 Å². The molecule has 0 aromatic carbocycles. The molecule has 0 aromatic heterocycles. The summed E-state index contributed by atoms with van der Waals surface area (Å²) in [5.41, 5.74) is 3.98. The van der Waals surface area contributed by atoms with E-state index in [1.807, 2.05) is 6.92 Å². The summed E-state index contributed by atoms with van der Waals surface area (Å²) in [6.07, 6.45) is 12.8. The van der Waals surface area contributed by atoms with Gasteiger partial charge in [-0.25, -0.2) is 4.79 Å². The number of aliphatic hydroxyl groups is 2. The molecular weight excluding hydrogens is 440 g/mol. The maximum absolute atomic E-state index is 12.6. The lowest BCUT2D eigenvalue weighted by Gasteiger charge is -2.42. The number of aliphatic hydroxyl groups excluding tert-OH is 2. The van der Waals surface area contributed by atoms with E-state index in [2.05, 4.69) is 52.5 Å². The van der Waals surface area contributed by atoms with E-state index in [1.54, 1.807) is 0 Å². The fraction of sp³-hybridized carbons (Fsp3) is 0.700. The molecule has 3 aliphatic rings.